The van der Waals surface area contributed by atoms with Crippen LogP contribution >= 0.6 is 35.6 Å². The van der Waals surface area contributed by atoms with E-state index in [1.165, 1.54) is 0 Å². The van der Waals surface area contributed by atoms with Gasteiger partial charge < -0.3 is 19.9 Å². The first-order valence-electron chi connectivity index (χ1n) is 8.34. The number of nitrogens with zero attached hydrogens (tertiary/aromatic N) is 3. The summed E-state index contributed by atoms with van der Waals surface area (Å²) < 4.78 is 10.6. The van der Waals surface area contributed by atoms with Gasteiger partial charge in [-0.05, 0) is 18.2 Å². The minimum atomic E-state index is 0. The Kier molecular flexibility index (Phi) is 8.52. The van der Waals surface area contributed by atoms with Gasteiger partial charge in [0.15, 0.2) is 5.96 Å². The van der Waals surface area contributed by atoms with Crippen molar-refractivity contribution in [2.75, 3.05) is 14.2 Å². The minimum Gasteiger partial charge on any atom is -0.496 e. The first kappa shape index (κ1) is 22.0. The van der Waals surface area contributed by atoms with Gasteiger partial charge in [0.25, 0.3) is 0 Å². The van der Waals surface area contributed by atoms with Crippen molar-refractivity contribution in [3.63, 3.8) is 0 Å². The molecule has 0 saturated heterocycles. The number of hydrogen-bond acceptors (Lipinski definition) is 5. The van der Waals surface area contributed by atoms with Gasteiger partial charge >= 0.3 is 0 Å². The van der Waals surface area contributed by atoms with Gasteiger partial charge in [0.05, 0.1) is 13.7 Å². The first-order valence-corrected chi connectivity index (χ1v) is 8.72. The van der Waals surface area contributed by atoms with E-state index in [4.69, 9.17) is 20.9 Å². The number of para-hydroxylation sites is 1. The number of ether oxygens (including phenoxy) is 1. The molecule has 0 bridgehead atoms. The maximum atomic E-state index is 6.00. The smallest absolute Gasteiger partial charge is 0.246 e. The molecular weight excluding hydrogens is 493 g/mol. The van der Waals surface area contributed by atoms with E-state index in [0.29, 0.717) is 35.8 Å². The summed E-state index contributed by atoms with van der Waals surface area (Å²) in [5.41, 5.74) is 1.83. The van der Waals surface area contributed by atoms with Crippen LogP contribution < -0.4 is 15.4 Å². The summed E-state index contributed by atoms with van der Waals surface area (Å²) >= 11 is 6.00. The summed E-state index contributed by atoms with van der Waals surface area (Å²) in [6.45, 7) is 0.917. The van der Waals surface area contributed by atoms with Crippen LogP contribution in [0.2, 0.25) is 5.02 Å². The fourth-order valence-electron chi connectivity index (χ4n) is 2.48. The molecule has 3 rings (SSSR count). The van der Waals surface area contributed by atoms with E-state index in [9.17, 15) is 0 Å². The molecule has 0 aliphatic heterocycles. The standard InChI is InChI=1S/C19H20ClN5O2.HI/c1-21-19(22-11-14-6-3-4-9-16(14)26-2)23-12-17-24-18(25-27-17)13-7-5-8-15(20)10-13;/h3-10H,11-12H2,1-2H3,(H2,21,22,23);1H. The maximum absolute atomic E-state index is 6.00. The van der Waals surface area contributed by atoms with Crippen molar-refractivity contribution in [2.45, 2.75) is 13.1 Å². The predicted molar refractivity (Wildman–Crippen MR) is 120 cm³/mol. The first-order chi connectivity index (χ1) is 13.2. The molecule has 1 heterocycles. The van der Waals surface area contributed by atoms with Crippen LogP contribution in [-0.2, 0) is 13.1 Å². The Labute approximate surface area is 185 Å². The number of methoxy groups -OCH3 is 1. The largest absolute Gasteiger partial charge is 0.496 e. The van der Waals surface area contributed by atoms with Crippen LogP contribution in [0.5, 0.6) is 5.75 Å². The number of aliphatic imine (C=N–C) groups is 1. The molecule has 0 aliphatic rings. The van der Waals surface area contributed by atoms with E-state index in [0.717, 1.165) is 16.9 Å². The van der Waals surface area contributed by atoms with Gasteiger partial charge in [-0.2, -0.15) is 4.98 Å². The van der Waals surface area contributed by atoms with Crippen LogP contribution in [0.25, 0.3) is 11.4 Å². The Balaban J connectivity index is 0.00000280. The fourth-order valence-corrected chi connectivity index (χ4v) is 2.67. The number of benzene rings is 2. The minimum absolute atomic E-state index is 0. The summed E-state index contributed by atoms with van der Waals surface area (Å²) in [5, 5.41) is 11.0. The van der Waals surface area contributed by atoms with Gasteiger partial charge in [-0.3, -0.25) is 4.99 Å². The molecule has 9 heteroatoms. The average molecular weight is 514 g/mol. The molecule has 2 N–H and O–H groups in total. The molecule has 3 aromatic rings. The average Bonchev–Trinajstić information content (AvgIpc) is 3.17. The molecule has 0 radical (unpaired) electrons. The van der Waals surface area contributed by atoms with Crippen LogP contribution in [0.3, 0.4) is 0 Å². The zero-order valence-electron chi connectivity index (χ0n) is 15.5. The van der Waals surface area contributed by atoms with Crippen LogP contribution in [-0.4, -0.2) is 30.3 Å². The zero-order chi connectivity index (χ0) is 19.1. The van der Waals surface area contributed by atoms with Gasteiger partial charge in [-0.1, -0.05) is 47.1 Å². The van der Waals surface area contributed by atoms with Crippen molar-refractivity contribution in [2.24, 2.45) is 4.99 Å². The molecule has 0 fully saturated rings. The summed E-state index contributed by atoms with van der Waals surface area (Å²) in [7, 11) is 3.35. The molecule has 148 valence electrons. The number of rotatable bonds is 6. The molecule has 2 aromatic carbocycles. The highest BCUT2D eigenvalue weighted by Crippen LogP contribution is 2.20. The fraction of sp³-hybridized carbons (Fsp3) is 0.211. The lowest BCUT2D eigenvalue weighted by atomic mass is 10.2. The molecule has 0 spiro atoms. The Morgan fingerprint density at radius 1 is 1.14 bits per heavy atom. The van der Waals surface area contributed by atoms with Gasteiger partial charge in [0.2, 0.25) is 11.7 Å². The van der Waals surface area contributed by atoms with Crippen molar-refractivity contribution in [1.29, 1.82) is 0 Å². The number of nitrogens with one attached hydrogen (secondary N) is 2. The van der Waals surface area contributed by atoms with Crippen LogP contribution in [0, 0.1) is 0 Å². The second kappa shape index (κ2) is 10.9. The van der Waals surface area contributed by atoms with Crippen LogP contribution in [0.15, 0.2) is 58.0 Å². The Morgan fingerprint density at radius 3 is 2.68 bits per heavy atom. The van der Waals surface area contributed by atoms with E-state index >= 15 is 0 Å². The Morgan fingerprint density at radius 2 is 1.93 bits per heavy atom. The zero-order valence-corrected chi connectivity index (χ0v) is 18.6. The number of hydrogen-bond donors (Lipinski definition) is 2. The topological polar surface area (TPSA) is 84.6 Å². The van der Waals surface area contributed by atoms with Crippen molar-refractivity contribution in [3.05, 3.63) is 65.0 Å². The molecule has 0 amide bonds. The van der Waals surface area contributed by atoms with E-state index < -0.39 is 0 Å². The number of guanidine groups is 1. The number of halogens is 2. The molecular formula is C19H21ClIN5O2. The Hall–Kier alpha value is -2.33. The van der Waals surface area contributed by atoms with Gasteiger partial charge in [-0.15, -0.1) is 24.0 Å². The quantitative estimate of drug-likeness (QED) is 0.296. The molecule has 28 heavy (non-hydrogen) atoms. The van der Waals surface area contributed by atoms with Crippen molar-refractivity contribution in [1.82, 2.24) is 20.8 Å². The maximum Gasteiger partial charge on any atom is 0.246 e. The summed E-state index contributed by atoms with van der Waals surface area (Å²) in [5.74, 6) is 2.38. The third kappa shape index (κ3) is 5.83. The highest BCUT2D eigenvalue weighted by Gasteiger charge is 2.10. The van der Waals surface area contributed by atoms with Crippen molar-refractivity contribution < 1.29 is 9.26 Å². The third-order valence-electron chi connectivity index (χ3n) is 3.82. The lowest BCUT2D eigenvalue weighted by molar-refractivity contribution is 0.375. The Bertz CT molecular complexity index is 932. The van der Waals surface area contributed by atoms with Crippen molar-refractivity contribution in [3.8, 4) is 17.1 Å². The van der Waals surface area contributed by atoms with E-state index in [2.05, 4.69) is 25.8 Å². The highest BCUT2D eigenvalue weighted by atomic mass is 127. The lowest BCUT2D eigenvalue weighted by Gasteiger charge is -2.12. The highest BCUT2D eigenvalue weighted by molar-refractivity contribution is 14.0. The summed E-state index contributed by atoms with van der Waals surface area (Å²) in [6, 6.07) is 15.1. The second-order valence-corrected chi connectivity index (χ2v) is 6.05. The van der Waals surface area contributed by atoms with Crippen LogP contribution in [0.1, 0.15) is 11.5 Å². The van der Waals surface area contributed by atoms with Crippen LogP contribution in [0.4, 0.5) is 0 Å². The van der Waals surface area contributed by atoms with E-state index in [1.807, 2.05) is 36.4 Å². The van der Waals surface area contributed by atoms with Gasteiger partial charge in [0, 0.05) is 29.7 Å². The predicted octanol–water partition coefficient (Wildman–Crippen LogP) is 3.88. The lowest BCUT2D eigenvalue weighted by Crippen LogP contribution is -2.36. The third-order valence-corrected chi connectivity index (χ3v) is 4.06. The van der Waals surface area contributed by atoms with Gasteiger partial charge in [0.1, 0.15) is 5.75 Å². The molecule has 7 nitrogen and oxygen atoms in total. The molecule has 0 atom stereocenters. The normalized spacial score (nSPS) is 10.9. The van der Waals surface area contributed by atoms with E-state index in [1.54, 1.807) is 26.3 Å². The SMILES string of the molecule is CN=C(NCc1nc(-c2cccc(Cl)c2)no1)NCc1ccccc1OC.I. The van der Waals surface area contributed by atoms with Gasteiger partial charge in [-0.25, -0.2) is 0 Å². The van der Waals surface area contributed by atoms with Crippen molar-refractivity contribution >= 4 is 41.5 Å². The number of aromatic nitrogens is 2. The summed E-state index contributed by atoms with van der Waals surface area (Å²) in [4.78, 5) is 8.57. The molecule has 1 aromatic heterocycles. The monoisotopic (exact) mass is 513 g/mol. The summed E-state index contributed by atoms with van der Waals surface area (Å²) in [6.07, 6.45) is 0. The molecule has 0 aliphatic carbocycles. The molecule has 0 saturated carbocycles. The van der Waals surface area contributed by atoms with E-state index in [-0.39, 0.29) is 24.0 Å². The second-order valence-electron chi connectivity index (χ2n) is 5.61. The molecule has 0 unspecified atom stereocenters.